The number of nitrogens with zero attached hydrogens (tertiary/aromatic N) is 4. The molecule has 4 aromatic rings. The van der Waals surface area contributed by atoms with Gasteiger partial charge in [0.15, 0.2) is 16.7 Å². The van der Waals surface area contributed by atoms with Gasteiger partial charge >= 0.3 is 0 Å². The topological polar surface area (TPSA) is 66.0 Å². The summed E-state index contributed by atoms with van der Waals surface area (Å²) in [5.74, 6) is 1.78. The van der Waals surface area contributed by atoms with Gasteiger partial charge < -0.3 is 9.26 Å². The van der Waals surface area contributed by atoms with E-state index in [0.717, 1.165) is 47.2 Å². The summed E-state index contributed by atoms with van der Waals surface area (Å²) >= 11 is 1.55. The second kappa shape index (κ2) is 9.03. The first-order valence-corrected chi connectivity index (χ1v) is 11.2. The standard InChI is InChI=1S/C23H21FN4O2S/c24-18-10-8-17(9-11-18)22-25-26-23(28(22)14-20-7-4-12-29-20)31-15-19-13-21(30-27-19)16-5-2-1-3-6-16/h1-3,5-6,8-11,13,20H,4,7,12,14-15H2/t20-/m0/s1. The van der Waals surface area contributed by atoms with Gasteiger partial charge in [0.05, 0.1) is 18.3 Å². The van der Waals surface area contributed by atoms with Crippen molar-refractivity contribution >= 4 is 11.8 Å². The van der Waals surface area contributed by atoms with Crippen LogP contribution >= 0.6 is 11.8 Å². The minimum Gasteiger partial charge on any atom is -0.376 e. The Morgan fingerprint density at radius 3 is 2.65 bits per heavy atom. The Kier molecular flexibility index (Phi) is 5.82. The molecule has 0 saturated carbocycles. The largest absolute Gasteiger partial charge is 0.376 e. The van der Waals surface area contributed by atoms with Gasteiger partial charge in [-0.15, -0.1) is 10.2 Å². The third-order valence-corrected chi connectivity index (χ3v) is 6.20. The van der Waals surface area contributed by atoms with Gasteiger partial charge in [0, 0.05) is 29.6 Å². The van der Waals surface area contributed by atoms with Gasteiger partial charge in [-0.3, -0.25) is 4.57 Å². The van der Waals surface area contributed by atoms with Crippen LogP contribution in [0.25, 0.3) is 22.7 Å². The minimum absolute atomic E-state index is 0.131. The van der Waals surface area contributed by atoms with E-state index in [-0.39, 0.29) is 11.9 Å². The summed E-state index contributed by atoms with van der Waals surface area (Å²) in [6.07, 6.45) is 2.20. The number of rotatable bonds is 7. The molecule has 158 valence electrons. The number of halogens is 1. The van der Waals surface area contributed by atoms with Crippen molar-refractivity contribution in [3.05, 3.63) is 72.2 Å². The molecule has 1 atom stereocenters. The molecule has 1 saturated heterocycles. The number of benzene rings is 2. The molecular weight excluding hydrogens is 415 g/mol. The monoisotopic (exact) mass is 436 g/mol. The highest BCUT2D eigenvalue weighted by atomic mass is 32.2. The Morgan fingerprint density at radius 1 is 1.03 bits per heavy atom. The Hall–Kier alpha value is -2.97. The highest BCUT2D eigenvalue weighted by molar-refractivity contribution is 7.98. The van der Waals surface area contributed by atoms with Gasteiger partial charge in [-0.05, 0) is 37.1 Å². The van der Waals surface area contributed by atoms with Gasteiger partial charge in [0.25, 0.3) is 0 Å². The fourth-order valence-electron chi connectivity index (χ4n) is 3.62. The van der Waals surface area contributed by atoms with Crippen LogP contribution in [-0.4, -0.2) is 32.6 Å². The normalized spacial score (nSPS) is 16.1. The van der Waals surface area contributed by atoms with E-state index in [4.69, 9.17) is 9.26 Å². The number of ether oxygens (including phenoxy) is 1. The summed E-state index contributed by atoms with van der Waals surface area (Å²) in [7, 11) is 0. The third-order valence-electron chi connectivity index (χ3n) is 5.20. The second-order valence-electron chi connectivity index (χ2n) is 7.40. The molecular formula is C23H21FN4O2S. The van der Waals surface area contributed by atoms with Crippen LogP contribution in [0.15, 0.2) is 70.3 Å². The molecule has 1 aliphatic heterocycles. The number of thioether (sulfide) groups is 1. The SMILES string of the molecule is Fc1ccc(-c2nnc(SCc3cc(-c4ccccc4)on3)n2C[C@@H]2CCCO2)cc1. The first-order chi connectivity index (χ1) is 15.3. The molecule has 2 aromatic heterocycles. The lowest BCUT2D eigenvalue weighted by molar-refractivity contribution is 0.0953. The molecule has 1 aliphatic rings. The fourth-order valence-corrected chi connectivity index (χ4v) is 4.45. The highest BCUT2D eigenvalue weighted by Gasteiger charge is 2.22. The zero-order valence-corrected chi connectivity index (χ0v) is 17.6. The van der Waals surface area contributed by atoms with E-state index in [1.165, 1.54) is 12.1 Å². The first kappa shape index (κ1) is 20.0. The van der Waals surface area contributed by atoms with Crippen molar-refractivity contribution in [2.45, 2.75) is 36.4 Å². The lowest BCUT2D eigenvalue weighted by Crippen LogP contribution is -2.16. The maximum absolute atomic E-state index is 13.4. The van der Waals surface area contributed by atoms with Crippen LogP contribution in [-0.2, 0) is 17.0 Å². The summed E-state index contributed by atoms with van der Waals surface area (Å²) in [5, 5.41) is 13.8. The average Bonchev–Trinajstić information content (AvgIpc) is 3.56. The molecule has 5 rings (SSSR count). The van der Waals surface area contributed by atoms with E-state index in [1.54, 1.807) is 23.9 Å². The van der Waals surface area contributed by atoms with Crippen LogP contribution in [0.2, 0.25) is 0 Å². The average molecular weight is 437 g/mol. The zero-order valence-electron chi connectivity index (χ0n) is 16.8. The fraction of sp³-hybridized carbons (Fsp3) is 0.261. The molecule has 0 N–H and O–H groups in total. The molecule has 0 bridgehead atoms. The van der Waals surface area contributed by atoms with Crippen molar-refractivity contribution in [3.8, 4) is 22.7 Å². The molecule has 0 aliphatic carbocycles. The summed E-state index contributed by atoms with van der Waals surface area (Å²) in [6, 6.07) is 18.2. The van der Waals surface area contributed by atoms with Crippen molar-refractivity contribution in [2.24, 2.45) is 0 Å². The van der Waals surface area contributed by atoms with Crippen LogP contribution in [0.1, 0.15) is 18.5 Å². The molecule has 0 unspecified atom stereocenters. The van der Waals surface area contributed by atoms with Crippen molar-refractivity contribution in [2.75, 3.05) is 6.61 Å². The molecule has 6 nitrogen and oxygen atoms in total. The van der Waals surface area contributed by atoms with E-state index < -0.39 is 0 Å². The lowest BCUT2D eigenvalue weighted by atomic mass is 10.2. The van der Waals surface area contributed by atoms with Gasteiger partial charge in [0.2, 0.25) is 0 Å². The maximum atomic E-state index is 13.4. The van der Waals surface area contributed by atoms with Crippen LogP contribution in [0.3, 0.4) is 0 Å². The summed E-state index contributed by atoms with van der Waals surface area (Å²) < 4.78 is 26.8. The summed E-state index contributed by atoms with van der Waals surface area (Å²) in [5.41, 5.74) is 2.65. The first-order valence-electron chi connectivity index (χ1n) is 10.2. The maximum Gasteiger partial charge on any atom is 0.191 e. The van der Waals surface area contributed by atoms with Crippen LogP contribution < -0.4 is 0 Å². The van der Waals surface area contributed by atoms with E-state index in [2.05, 4.69) is 19.9 Å². The Morgan fingerprint density at radius 2 is 1.87 bits per heavy atom. The highest BCUT2D eigenvalue weighted by Crippen LogP contribution is 2.29. The number of aromatic nitrogens is 4. The van der Waals surface area contributed by atoms with Crippen molar-refractivity contribution < 1.29 is 13.7 Å². The van der Waals surface area contributed by atoms with Crippen molar-refractivity contribution in [1.82, 2.24) is 19.9 Å². The quantitative estimate of drug-likeness (QED) is 0.371. The molecule has 3 heterocycles. The minimum atomic E-state index is -0.274. The second-order valence-corrected chi connectivity index (χ2v) is 8.34. The third kappa shape index (κ3) is 4.55. The van der Waals surface area contributed by atoms with Crippen molar-refractivity contribution in [3.63, 3.8) is 0 Å². The van der Waals surface area contributed by atoms with Gasteiger partial charge in [-0.2, -0.15) is 0 Å². The van der Waals surface area contributed by atoms with Crippen molar-refractivity contribution in [1.29, 1.82) is 0 Å². The van der Waals surface area contributed by atoms with Gasteiger partial charge in [0.1, 0.15) is 5.82 Å². The predicted molar refractivity (Wildman–Crippen MR) is 116 cm³/mol. The molecule has 1 fully saturated rings. The lowest BCUT2D eigenvalue weighted by Gasteiger charge is -2.14. The Balaban J connectivity index is 1.37. The van der Waals surface area contributed by atoms with E-state index in [0.29, 0.717) is 18.1 Å². The predicted octanol–water partition coefficient (Wildman–Crippen LogP) is 5.21. The number of hydrogen-bond donors (Lipinski definition) is 0. The molecule has 0 amide bonds. The van der Waals surface area contributed by atoms with E-state index >= 15 is 0 Å². The zero-order chi connectivity index (χ0) is 21.0. The Labute approximate surface area is 183 Å². The molecule has 8 heteroatoms. The molecule has 0 radical (unpaired) electrons. The van der Waals surface area contributed by atoms with E-state index in [1.807, 2.05) is 36.4 Å². The summed E-state index contributed by atoms with van der Waals surface area (Å²) in [4.78, 5) is 0. The van der Waals surface area contributed by atoms with Crippen LogP contribution in [0.5, 0.6) is 0 Å². The number of hydrogen-bond acceptors (Lipinski definition) is 6. The van der Waals surface area contributed by atoms with Gasteiger partial charge in [-0.1, -0.05) is 47.3 Å². The molecule has 0 spiro atoms. The van der Waals surface area contributed by atoms with Crippen LogP contribution in [0.4, 0.5) is 4.39 Å². The van der Waals surface area contributed by atoms with Gasteiger partial charge in [-0.25, -0.2) is 4.39 Å². The summed E-state index contributed by atoms with van der Waals surface area (Å²) in [6.45, 7) is 1.44. The molecule has 2 aromatic carbocycles. The van der Waals surface area contributed by atoms with Crippen LogP contribution in [0, 0.1) is 5.82 Å². The Bertz CT molecular complexity index is 1140. The smallest absolute Gasteiger partial charge is 0.191 e. The van der Waals surface area contributed by atoms with E-state index in [9.17, 15) is 4.39 Å². The molecule has 31 heavy (non-hydrogen) atoms.